The van der Waals surface area contributed by atoms with Crippen molar-refractivity contribution in [3.63, 3.8) is 0 Å². The summed E-state index contributed by atoms with van der Waals surface area (Å²) in [6, 6.07) is 5.72. The Bertz CT molecular complexity index is 494. The number of pyridine rings is 1. The topological polar surface area (TPSA) is 143 Å². The zero-order valence-corrected chi connectivity index (χ0v) is 17.1. The molecule has 0 aromatic carbocycles. The molecule has 0 bridgehead atoms. The fourth-order valence-electron chi connectivity index (χ4n) is 0.602. The van der Waals surface area contributed by atoms with Crippen LogP contribution < -0.4 is 0 Å². The number of nitrogens with zero attached hydrogens (tertiary/aromatic N) is 5. The van der Waals surface area contributed by atoms with Crippen molar-refractivity contribution < 1.29 is 37.6 Å². The van der Waals surface area contributed by atoms with E-state index in [1.165, 1.54) is 27.7 Å². The Kier molecular flexibility index (Phi) is 30.0. The molecule has 9 nitrogen and oxygen atoms in total. The minimum absolute atomic E-state index is 0. The zero-order chi connectivity index (χ0) is 20.8. The Morgan fingerprint density at radius 3 is 1.07 bits per heavy atom. The summed E-state index contributed by atoms with van der Waals surface area (Å²) in [4.78, 5) is 3.78. The number of oxime groups is 4. The summed E-state index contributed by atoms with van der Waals surface area (Å²) in [5.41, 5.74) is 1.25. The number of hydrogen-bond acceptors (Lipinski definition) is 9. The van der Waals surface area contributed by atoms with Crippen LogP contribution in [0.3, 0.4) is 0 Å². The van der Waals surface area contributed by atoms with Crippen LogP contribution in [0.4, 0.5) is 0 Å². The van der Waals surface area contributed by atoms with Crippen molar-refractivity contribution in [1.82, 2.24) is 4.98 Å². The fraction of sp³-hybridized carbons (Fsp3) is 0.294. The van der Waals surface area contributed by atoms with Gasteiger partial charge >= 0.3 is 0 Å². The minimum Gasteiger partial charge on any atom is -0.411 e. The summed E-state index contributed by atoms with van der Waals surface area (Å²) in [5, 5.41) is 43.3. The Hall–Kier alpha value is -2.85. The fourth-order valence-corrected chi connectivity index (χ4v) is 0.602. The van der Waals surface area contributed by atoms with Crippen LogP contribution in [0.5, 0.6) is 0 Å². The van der Waals surface area contributed by atoms with Crippen molar-refractivity contribution in [3.8, 4) is 0 Å². The van der Waals surface area contributed by atoms with Gasteiger partial charge in [0.1, 0.15) is 22.8 Å². The summed E-state index contributed by atoms with van der Waals surface area (Å²) < 4.78 is 0. The van der Waals surface area contributed by atoms with Gasteiger partial charge in [-0.1, -0.05) is 26.7 Å². The SMILES string of the molecule is CC(=N\O)/C(C)=N/O.CC(=N\O)/C(C)=N/O.[CH2-]/C=C/C.[Co].c1ccncc1. The molecule has 155 valence electrons. The van der Waals surface area contributed by atoms with Crippen LogP contribution in [0.25, 0.3) is 0 Å². The van der Waals surface area contributed by atoms with E-state index in [0.717, 1.165) is 0 Å². The molecule has 10 heteroatoms. The first kappa shape index (κ1) is 31.9. The molecule has 0 fully saturated rings. The summed E-state index contributed by atoms with van der Waals surface area (Å²) >= 11 is 0. The van der Waals surface area contributed by atoms with E-state index in [4.69, 9.17) is 20.8 Å². The Morgan fingerprint density at radius 2 is 1.00 bits per heavy atom. The normalized spacial score (nSPS) is 11.6. The van der Waals surface area contributed by atoms with Gasteiger partial charge in [-0.2, -0.15) is 0 Å². The molecule has 1 heterocycles. The van der Waals surface area contributed by atoms with E-state index >= 15 is 0 Å². The van der Waals surface area contributed by atoms with Gasteiger partial charge in [0.25, 0.3) is 0 Å². The van der Waals surface area contributed by atoms with Crippen molar-refractivity contribution in [2.45, 2.75) is 34.6 Å². The molecule has 0 amide bonds. The van der Waals surface area contributed by atoms with Crippen LogP contribution in [0.2, 0.25) is 0 Å². The van der Waals surface area contributed by atoms with Gasteiger partial charge in [-0.05, 0) is 39.8 Å². The quantitative estimate of drug-likeness (QED) is 0.246. The second-order valence-corrected chi connectivity index (χ2v) is 4.34. The van der Waals surface area contributed by atoms with E-state index in [0.29, 0.717) is 22.8 Å². The third-order valence-corrected chi connectivity index (χ3v) is 2.45. The van der Waals surface area contributed by atoms with Gasteiger partial charge in [-0.25, -0.2) is 19.1 Å². The molecule has 27 heavy (non-hydrogen) atoms. The predicted octanol–water partition coefficient (Wildman–Crippen LogP) is 3.85. The molecule has 1 aromatic heterocycles. The molecular formula is C17H28CoN5O4-. The van der Waals surface area contributed by atoms with Crippen molar-refractivity contribution in [2.24, 2.45) is 20.6 Å². The van der Waals surface area contributed by atoms with Gasteiger partial charge in [-0.15, -0.1) is 6.92 Å². The molecule has 0 aliphatic carbocycles. The van der Waals surface area contributed by atoms with Crippen LogP contribution >= 0.6 is 0 Å². The van der Waals surface area contributed by atoms with Crippen molar-refractivity contribution in [3.05, 3.63) is 49.7 Å². The maximum absolute atomic E-state index is 8.03. The van der Waals surface area contributed by atoms with Crippen LogP contribution in [-0.4, -0.2) is 48.7 Å². The first-order chi connectivity index (χ1) is 12.4. The van der Waals surface area contributed by atoms with Gasteiger partial charge in [0, 0.05) is 29.2 Å². The van der Waals surface area contributed by atoms with Crippen LogP contribution in [0.15, 0.2) is 63.4 Å². The third kappa shape index (κ3) is 25.5. The summed E-state index contributed by atoms with van der Waals surface area (Å²) in [6.45, 7) is 11.5. The average molecular weight is 425 g/mol. The van der Waals surface area contributed by atoms with Gasteiger partial charge in [-0.3, -0.25) is 4.98 Å². The molecule has 4 N–H and O–H groups in total. The van der Waals surface area contributed by atoms with E-state index in [1.807, 2.05) is 31.2 Å². The Morgan fingerprint density at radius 1 is 0.741 bits per heavy atom. The van der Waals surface area contributed by atoms with Crippen LogP contribution in [0, 0.1) is 6.92 Å². The molecule has 1 aromatic rings. The molecule has 1 radical (unpaired) electrons. The molecule has 0 spiro atoms. The Labute approximate surface area is 170 Å². The smallest absolute Gasteiger partial charge is 0.101 e. The van der Waals surface area contributed by atoms with Crippen LogP contribution in [0.1, 0.15) is 34.6 Å². The second-order valence-electron chi connectivity index (χ2n) is 4.34. The monoisotopic (exact) mass is 425 g/mol. The van der Waals surface area contributed by atoms with Gasteiger partial charge in [0.05, 0.1) is 0 Å². The third-order valence-electron chi connectivity index (χ3n) is 2.45. The van der Waals surface area contributed by atoms with Gasteiger partial charge in [0.2, 0.25) is 0 Å². The van der Waals surface area contributed by atoms with Gasteiger partial charge in [0.15, 0.2) is 0 Å². The molecule has 0 unspecified atom stereocenters. The maximum atomic E-state index is 8.03. The second kappa shape index (κ2) is 25.4. The number of aromatic nitrogens is 1. The van der Waals surface area contributed by atoms with Crippen LogP contribution in [-0.2, 0) is 16.8 Å². The van der Waals surface area contributed by atoms with Crippen molar-refractivity contribution >= 4 is 22.8 Å². The zero-order valence-electron chi connectivity index (χ0n) is 16.1. The molecule has 0 aliphatic rings. The Balaban J connectivity index is -0.000000133. The number of rotatable bonds is 2. The summed E-state index contributed by atoms with van der Waals surface area (Å²) in [6.07, 6.45) is 7.14. The largest absolute Gasteiger partial charge is 0.411 e. The number of allylic oxidation sites excluding steroid dienone is 2. The summed E-state index contributed by atoms with van der Waals surface area (Å²) in [7, 11) is 0. The molecule has 0 atom stereocenters. The standard InChI is InChI=1S/C5H5N.2C4H8N2O2.C4H7.Co/c1-2-4-6-5-3-1;2*1-3(5-7)4(2)6-8;1-3-4-2;/h1-5H;2*7-8H,1-2H3;3-4H,1H2,2H3;/q;;;-1;/b;2*5-3+,6-4+;4-3+;. The van der Waals surface area contributed by atoms with E-state index in [-0.39, 0.29) is 16.8 Å². The van der Waals surface area contributed by atoms with E-state index in [2.05, 4.69) is 32.5 Å². The van der Waals surface area contributed by atoms with Crippen molar-refractivity contribution in [2.75, 3.05) is 0 Å². The number of hydrogen-bond donors (Lipinski definition) is 4. The minimum atomic E-state index is 0. The summed E-state index contributed by atoms with van der Waals surface area (Å²) in [5.74, 6) is 0. The molecule has 0 aliphatic heterocycles. The maximum Gasteiger partial charge on any atom is 0.101 e. The molecular weight excluding hydrogens is 397 g/mol. The van der Waals surface area contributed by atoms with E-state index in [9.17, 15) is 0 Å². The van der Waals surface area contributed by atoms with Gasteiger partial charge < -0.3 is 20.8 Å². The van der Waals surface area contributed by atoms with Crippen molar-refractivity contribution in [1.29, 1.82) is 0 Å². The molecule has 0 saturated heterocycles. The molecule has 1 rings (SSSR count). The molecule has 0 saturated carbocycles. The first-order valence-corrected chi connectivity index (χ1v) is 7.36. The average Bonchev–Trinajstić information content (AvgIpc) is 2.73. The predicted molar refractivity (Wildman–Crippen MR) is 104 cm³/mol. The van der Waals surface area contributed by atoms with E-state index < -0.39 is 0 Å². The van der Waals surface area contributed by atoms with E-state index in [1.54, 1.807) is 18.5 Å². The first-order valence-electron chi connectivity index (χ1n) is 7.36.